The number of carboxylic acids is 1. The molecule has 4 heterocycles. The Balaban J connectivity index is 1.46. The third kappa shape index (κ3) is 7.31. The zero-order valence-corrected chi connectivity index (χ0v) is 23.7. The molecule has 4 fully saturated rings. The van der Waals surface area contributed by atoms with Gasteiger partial charge in [-0.2, -0.15) is 0 Å². The van der Waals surface area contributed by atoms with Gasteiger partial charge in [-0.15, -0.1) is 0 Å². The van der Waals surface area contributed by atoms with Gasteiger partial charge in [-0.25, -0.2) is 4.79 Å². The molecular weight excluding hydrogens is 640 g/mol. The first-order valence-electron chi connectivity index (χ1n) is 14.1. The highest BCUT2D eigenvalue weighted by atomic mass is 16.8. The Morgan fingerprint density at radius 3 is 1.35 bits per heavy atom. The molecule has 22 heteroatoms. The van der Waals surface area contributed by atoms with Crippen LogP contribution in [0.1, 0.15) is 0 Å². The van der Waals surface area contributed by atoms with Crippen LogP contribution >= 0.6 is 0 Å². The molecule has 0 bridgehead atoms. The second-order valence-corrected chi connectivity index (χ2v) is 11.2. The zero-order valence-electron chi connectivity index (χ0n) is 23.7. The van der Waals surface area contributed by atoms with Crippen LogP contribution in [0.4, 0.5) is 0 Å². The van der Waals surface area contributed by atoms with Crippen molar-refractivity contribution in [1.29, 1.82) is 0 Å². The highest BCUT2D eigenvalue weighted by Crippen LogP contribution is 2.34. The maximum absolute atomic E-state index is 12.1. The lowest BCUT2D eigenvalue weighted by molar-refractivity contribution is -0.384. The Labute approximate surface area is 258 Å². The van der Waals surface area contributed by atoms with Crippen molar-refractivity contribution < 1.29 is 109 Å². The molecule has 0 aromatic rings. The van der Waals surface area contributed by atoms with Gasteiger partial charge >= 0.3 is 5.97 Å². The molecule has 0 aromatic heterocycles. The van der Waals surface area contributed by atoms with Crippen LogP contribution in [0.15, 0.2) is 0 Å². The molecule has 4 rings (SSSR count). The topological polar surface area (TPSA) is 365 Å². The van der Waals surface area contributed by atoms with Crippen molar-refractivity contribution in [3.8, 4) is 0 Å². The van der Waals surface area contributed by atoms with Gasteiger partial charge in [0.15, 0.2) is 31.3 Å². The molecule has 4 aliphatic heterocycles. The fraction of sp³-hybridized carbons (Fsp3) is 0.958. The summed E-state index contributed by atoms with van der Waals surface area (Å²) >= 11 is 0. The average molecular weight is 681 g/mol. The minimum atomic E-state index is -2.21. The summed E-state index contributed by atoms with van der Waals surface area (Å²) in [4.78, 5) is 12.1. The molecule has 0 aliphatic carbocycles. The van der Waals surface area contributed by atoms with Gasteiger partial charge in [0, 0.05) is 0 Å². The Morgan fingerprint density at radius 2 is 0.848 bits per heavy atom. The number of ether oxygens (including phenoxy) is 7. The zero-order chi connectivity index (χ0) is 34.2. The molecule has 0 aromatic carbocycles. The SMILES string of the molecule is O=C(O)C1O[C@@H](O[C@@H]2C(CO)O[C@@H](O)C(O)[C@H]2O)C(O)[C@@H](O)[C@@H]1O[C@H]1OC(CO)[C@H](O[C@H]2OC(CO)[C@@H](O)[C@H](O)C2O)[C@H](O)C1O. The first kappa shape index (κ1) is 37.5. The van der Waals surface area contributed by atoms with Crippen molar-refractivity contribution in [2.24, 2.45) is 0 Å². The summed E-state index contributed by atoms with van der Waals surface area (Å²) in [5, 5.41) is 142. The van der Waals surface area contributed by atoms with Crippen LogP contribution in [0.2, 0.25) is 0 Å². The van der Waals surface area contributed by atoms with E-state index in [1.54, 1.807) is 0 Å². The van der Waals surface area contributed by atoms with Crippen LogP contribution in [-0.4, -0.2) is 220 Å². The van der Waals surface area contributed by atoms with E-state index < -0.39 is 149 Å². The van der Waals surface area contributed by atoms with E-state index >= 15 is 0 Å². The van der Waals surface area contributed by atoms with Crippen LogP contribution < -0.4 is 0 Å². The molecule has 8 unspecified atom stereocenters. The van der Waals surface area contributed by atoms with Crippen molar-refractivity contribution in [3.05, 3.63) is 0 Å². The van der Waals surface area contributed by atoms with Gasteiger partial charge in [-0.05, 0) is 0 Å². The maximum atomic E-state index is 12.1. The van der Waals surface area contributed by atoms with E-state index in [0.717, 1.165) is 0 Å². The number of aliphatic hydroxyl groups is 13. The number of aliphatic carboxylic acids is 1. The van der Waals surface area contributed by atoms with E-state index in [4.69, 9.17) is 33.2 Å². The standard InChI is InChI=1S/C24H40O22/c25-1-4-7(28)8(29)13(34)22(41-4)43-17-6(3-27)42-23(14(35)10(17)31)45-18-11(32)15(36)24(46-19(18)20(37)38)44-16-5(2-26)40-21(39)12(33)9(16)30/h4-19,21-36,39H,1-3H2,(H,37,38)/t4?,5?,6?,7-,8+,9-,10-,11-,12?,13?,14?,15?,16-,17+,18+,19?,21-,22-,23-,24-/m1/s1. The van der Waals surface area contributed by atoms with E-state index in [9.17, 15) is 76.3 Å². The summed E-state index contributed by atoms with van der Waals surface area (Å²) < 4.78 is 37.0. The summed E-state index contributed by atoms with van der Waals surface area (Å²) in [6, 6.07) is 0. The van der Waals surface area contributed by atoms with Crippen LogP contribution in [0, 0.1) is 0 Å². The van der Waals surface area contributed by atoms with E-state index in [0.29, 0.717) is 0 Å². The molecule has 46 heavy (non-hydrogen) atoms. The third-order valence-corrected chi connectivity index (χ3v) is 8.17. The summed E-state index contributed by atoms with van der Waals surface area (Å²) in [7, 11) is 0. The Hall–Kier alpha value is -1.33. The van der Waals surface area contributed by atoms with Gasteiger partial charge in [0.25, 0.3) is 0 Å². The largest absolute Gasteiger partial charge is 0.479 e. The van der Waals surface area contributed by atoms with Gasteiger partial charge in [0.05, 0.1) is 19.8 Å². The summed E-state index contributed by atoms with van der Waals surface area (Å²) in [6.07, 6.45) is -38.1. The van der Waals surface area contributed by atoms with Gasteiger partial charge < -0.3 is 105 Å². The van der Waals surface area contributed by atoms with Crippen molar-refractivity contribution in [3.63, 3.8) is 0 Å². The molecule has 4 saturated heterocycles. The third-order valence-electron chi connectivity index (χ3n) is 8.17. The van der Waals surface area contributed by atoms with Crippen LogP contribution in [-0.2, 0) is 38.0 Å². The lowest BCUT2D eigenvalue weighted by Gasteiger charge is -2.48. The fourth-order valence-corrected chi connectivity index (χ4v) is 5.51. The Kier molecular flexibility index (Phi) is 12.6. The second kappa shape index (κ2) is 15.5. The number of aliphatic hydroxyl groups excluding tert-OH is 13. The van der Waals surface area contributed by atoms with Crippen LogP contribution in [0.5, 0.6) is 0 Å². The van der Waals surface area contributed by atoms with E-state index in [1.165, 1.54) is 0 Å². The molecule has 0 spiro atoms. The first-order valence-corrected chi connectivity index (χ1v) is 14.1. The van der Waals surface area contributed by atoms with Gasteiger partial charge in [-0.3, -0.25) is 0 Å². The lowest BCUT2D eigenvalue weighted by atomic mass is 9.95. The average Bonchev–Trinajstić information content (AvgIpc) is 3.03. The minimum Gasteiger partial charge on any atom is -0.479 e. The van der Waals surface area contributed by atoms with Crippen LogP contribution in [0.3, 0.4) is 0 Å². The molecule has 4 aliphatic rings. The van der Waals surface area contributed by atoms with Crippen molar-refractivity contribution >= 4 is 5.97 Å². The quantitative estimate of drug-likeness (QED) is 0.102. The highest BCUT2D eigenvalue weighted by Gasteiger charge is 2.56. The van der Waals surface area contributed by atoms with Gasteiger partial charge in [0.2, 0.25) is 0 Å². The molecule has 0 saturated carbocycles. The number of hydrogen-bond donors (Lipinski definition) is 14. The molecule has 20 atom stereocenters. The normalized spacial score (nSPS) is 51.9. The van der Waals surface area contributed by atoms with E-state index in [2.05, 4.69) is 0 Å². The Morgan fingerprint density at radius 1 is 0.457 bits per heavy atom. The number of hydrogen-bond acceptors (Lipinski definition) is 21. The molecular formula is C24H40O22. The molecule has 268 valence electrons. The van der Waals surface area contributed by atoms with E-state index in [-0.39, 0.29) is 0 Å². The second-order valence-electron chi connectivity index (χ2n) is 11.2. The molecule has 0 radical (unpaired) electrons. The predicted molar refractivity (Wildman–Crippen MR) is 134 cm³/mol. The molecule has 0 amide bonds. The fourth-order valence-electron chi connectivity index (χ4n) is 5.51. The number of rotatable bonds is 10. The summed E-state index contributed by atoms with van der Waals surface area (Å²) in [5.74, 6) is -1.81. The lowest BCUT2D eigenvalue weighted by Crippen LogP contribution is -2.68. The van der Waals surface area contributed by atoms with Crippen molar-refractivity contribution in [1.82, 2.24) is 0 Å². The van der Waals surface area contributed by atoms with Gasteiger partial charge in [0.1, 0.15) is 91.6 Å². The molecule has 22 nitrogen and oxygen atoms in total. The Bertz CT molecular complexity index is 986. The predicted octanol–water partition coefficient (Wildman–Crippen LogP) is -9.66. The monoisotopic (exact) mass is 680 g/mol. The van der Waals surface area contributed by atoms with Crippen molar-refractivity contribution in [2.75, 3.05) is 19.8 Å². The maximum Gasteiger partial charge on any atom is 0.335 e. The number of carboxylic acid groups (broad SMARTS) is 1. The summed E-state index contributed by atoms with van der Waals surface area (Å²) in [6.45, 7) is -2.65. The molecule has 14 N–H and O–H groups in total. The van der Waals surface area contributed by atoms with Crippen LogP contribution in [0.25, 0.3) is 0 Å². The first-order chi connectivity index (χ1) is 21.7. The minimum absolute atomic E-state index is 0.813. The van der Waals surface area contributed by atoms with Crippen molar-refractivity contribution in [2.45, 2.75) is 123 Å². The smallest absolute Gasteiger partial charge is 0.335 e. The number of carbonyl (C=O) groups is 1. The van der Waals surface area contributed by atoms with Gasteiger partial charge in [-0.1, -0.05) is 0 Å². The van der Waals surface area contributed by atoms with E-state index in [1.807, 2.05) is 0 Å². The summed E-state index contributed by atoms with van der Waals surface area (Å²) in [5.41, 5.74) is 0. The highest BCUT2D eigenvalue weighted by molar-refractivity contribution is 5.73.